The third-order valence-corrected chi connectivity index (χ3v) is 12.6. The molecule has 0 bridgehead atoms. The second-order valence-corrected chi connectivity index (χ2v) is 14.8. The predicted octanol–water partition coefficient (Wildman–Crippen LogP) is 6.79. The first-order valence-corrected chi connectivity index (χ1v) is 15.3. The first-order valence-electron chi connectivity index (χ1n) is 8.15. The zero-order valence-corrected chi connectivity index (χ0v) is 18.8. The van der Waals surface area contributed by atoms with Gasteiger partial charge >= 0.3 is 172 Å². The summed E-state index contributed by atoms with van der Waals surface area (Å²) in [6.07, 6.45) is 0. The summed E-state index contributed by atoms with van der Waals surface area (Å²) < 4.78 is 3.60. The van der Waals surface area contributed by atoms with Gasteiger partial charge in [0.2, 0.25) is 0 Å². The van der Waals surface area contributed by atoms with Crippen molar-refractivity contribution in [2.75, 3.05) is 0 Å². The Kier molecular flexibility index (Phi) is 7.12. The molecule has 0 fully saturated rings. The van der Waals surface area contributed by atoms with Crippen molar-refractivity contribution in [1.29, 1.82) is 0 Å². The molecule has 0 unspecified atom stereocenters. The molecule has 3 aromatic carbocycles. The second kappa shape index (κ2) is 9.32. The van der Waals surface area contributed by atoms with Gasteiger partial charge in [-0.25, -0.2) is 0 Å². The van der Waals surface area contributed by atoms with E-state index in [4.69, 9.17) is 34.8 Å². The molecule has 0 aliphatic heterocycles. The maximum atomic E-state index is 6.03. The van der Waals surface area contributed by atoms with E-state index < -0.39 is 19.8 Å². The standard InChI is InChI=1S/3C7H6Cl.Sn/c3*1-6-2-4-7(8)5-3-6;/h3*2-5H,1H2;/q;;;+1. The first kappa shape index (κ1) is 19.1. The molecule has 126 valence electrons. The molecule has 0 aliphatic rings. The molecule has 0 nitrogen and oxygen atoms in total. The third kappa shape index (κ3) is 6.21. The molecule has 0 aromatic heterocycles. The van der Waals surface area contributed by atoms with Crippen LogP contribution in [0.4, 0.5) is 0 Å². The van der Waals surface area contributed by atoms with Crippen LogP contribution in [0.5, 0.6) is 0 Å². The summed E-state index contributed by atoms with van der Waals surface area (Å²) in [4.78, 5) is 0. The monoisotopic (exact) mass is 495 g/mol. The van der Waals surface area contributed by atoms with Gasteiger partial charge in [-0.15, -0.1) is 0 Å². The molecule has 0 saturated heterocycles. The van der Waals surface area contributed by atoms with Gasteiger partial charge in [0.15, 0.2) is 0 Å². The molecule has 4 heteroatoms. The average Bonchev–Trinajstić information content (AvgIpc) is 2.61. The summed E-state index contributed by atoms with van der Waals surface area (Å²) in [6.45, 7) is 0. The maximum absolute atomic E-state index is 6.03. The van der Waals surface area contributed by atoms with E-state index in [0.717, 1.165) is 15.1 Å². The molecule has 3 aromatic rings. The Bertz CT molecular complexity index is 683. The van der Waals surface area contributed by atoms with Crippen molar-refractivity contribution < 1.29 is 0 Å². The molecule has 0 saturated carbocycles. The number of rotatable bonds is 6. The zero-order chi connectivity index (χ0) is 17.6. The van der Waals surface area contributed by atoms with E-state index in [1.165, 1.54) is 30.0 Å². The van der Waals surface area contributed by atoms with E-state index in [1.807, 2.05) is 36.4 Å². The van der Waals surface area contributed by atoms with Gasteiger partial charge in [0.05, 0.1) is 0 Å². The van der Waals surface area contributed by atoms with Crippen molar-refractivity contribution in [2.45, 2.75) is 13.3 Å². The summed E-state index contributed by atoms with van der Waals surface area (Å²) >= 11 is 16.3. The second-order valence-electron chi connectivity index (χ2n) is 6.16. The Balaban J connectivity index is 1.77. The van der Waals surface area contributed by atoms with Crippen LogP contribution in [0.3, 0.4) is 0 Å². The van der Waals surface area contributed by atoms with Crippen molar-refractivity contribution in [2.24, 2.45) is 0 Å². The first-order chi connectivity index (χ1) is 12.1. The van der Waals surface area contributed by atoms with Crippen LogP contribution in [-0.2, 0) is 13.3 Å². The van der Waals surface area contributed by atoms with Crippen molar-refractivity contribution in [3.63, 3.8) is 0 Å². The van der Waals surface area contributed by atoms with E-state index >= 15 is 0 Å². The van der Waals surface area contributed by atoms with Crippen LogP contribution in [0.15, 0.2) is 72.8 Å². The minimum absolute atomic E-state index is 0.796. The summed E-state index contributed by atoms with van der Waals surface area (Å²) in [5.41, 5.74) is 4.17. The molecule has 0 atom stereocenters. The SMILES string of the molecule is Clc1ccc([CH2][Sn+]([CH2]c2ccc(Cl)cc2)[CH2]c2ccc(Cl)cc2)cc1. The van der Waals surface area contributed by atoms with Gasteiger partial charge in [-0.1, -0.05) is 0 Å². The van der Waals surface area contributed by atoms with Gasteiger partial charge < -0.3 is 0 Å². The van der Waals surface area contributed by atoms with Crippen LogP contribution < -0.4 is 0 Å². The molecule has 25 heavy (non-hydrogen) atoms. The quantitative estimate of drug-likeness (QED) is 0.331. The van der Waals surface area contributed by atoms with Gasteiger partial charge in [-0.2, -0.15) is 0 Å². The Morgan fingerprint density at radius 2 is 0.680 bits per heavy atom. The van der Waals surface area contributed by atoms with Crippen molar-refractivity contribution in [3.05, 3.63) is 105 Å². The van der Waals surface area contributed by atoms with Gasteiger partial charge in [0, 0.05) is 0 Å². The van der Waals surface area contributed by atoms with Crippen LogP contribution >= 0.6 is 34.8 Å². The van der Waals surface area contributed by atoms with Crippen molar-refractivity contribution >= 4 is 54.6 Å². The number of halogens is 3. The zero-order valence-electron chi connectivity index (χ0n) is 13.7. The molecule has 0 spiro atoms. The average molecular weight is 495 g/mol. The molecule has 0 aliphatic carbocycles. The van der Waals surface area contributed by atoms with Crippen LogP contribution in [0.25, 0.3) is 0 Å². The van der Waals surface area contributed by atoms with Gasteiger partial charge in [-0.3, -0.25) is 0 Å². The van der Waals surface area contributed by atoms with Gasteiger partial charge in [0.1, 0.15) is 0 Å². The number of hydrogen-bond donors (Lipinski definition) is 0. The van der Waals surface area contributed by atoms with Crippen molar-refractivity contribution in [1.82, 2.24) is 0 Å². The van der Waals surface area contributed by atoms with E-state index in [9.17, 15) is 0 Å². The van der Waals surface area contributed by atoms with Crippen LogP contribution in [0, 0.1) is 0 Å². The Labute approximate surface area is 171 Å². The minimum atomic E-state index is -1.75. The molecule has 0 N–H and O–H groups in total. The van der Waals surface area contributed by atoms with E-state index in [2.05, 4.69) is 36.4 Å². The Morgan fingerprint density at radius 3 is 0.920 bits per heavy atom. The Morgan fingerprint density at radius 1 is 0.440 bits per heavy atom. The molecular weight excluding hydrogens is 477 g/mol. The predicted molar refractivity (Wildman–Crippen MR) is 111 cm³/mol. The van der Waals surface area contributed by atoms with E-state index in [-0.39, 0.29) is 0 Å². The molecule has 0 radical (unpaired) electrons. The molecular formula is C21H18Cl3Sn+. The molecule has 0 heterocycles. The van der Waals surface area contributed by atoms with E-state index in [1.54, 1.807) is 0 Å². The fourth-order valence-corrected chi connectivity index (χ4v) is 11.3. The summed E-state index contributed by atoms with van der Waals surface area (Å²) in [5, 5.41) is 2.39. The number of hydrogen-bond acceptors (Lipinski definition) is 0. The fraction of sp³-hybridized carbons (Fsp3) is 0.143. The van der Waals surface area contributed by atoms with E-state index in [0.29, 0.717) is 0 Å². The Hall–Kier alpha value is -0.671. The van der Waals surface area contributed by atoms with Gasteiger partial charge in [-0.05, 0) is 0 Å². The van der Waals surface area contributed by atoms with Gasteiger partial charge in [0.25, 0.3) is 0 Å². The normalized spacial score (nSPS) is 10.7. The number of benzene rings is 3. The summed E-state index contributed by atoms with van der Waals surface area (Å²) in [5.74, 6) is 0. The topological polar surface area (TPSA) is 0 Å². The summed E-state index contributed by atoms with van der Waals surface area (Å²) in [6, 6.07) is 24.9. The molecule has 3 rings (SSSR count). The van der Waals surface area contributed by atoms with Crippen molar-refractivity contribution in [3.8, 4) is 0 Å². The van der Waals surface area contributed by atoms with Crippen LogP contribution in [-0.4, -0.2) is 19.8 Å². The van der Waals surface area contributed by atoms with Crippen LogP contribution in [0.2, 0.25) is 15.1 Å². The van der Waals surface area contributed by atoms with Crippen LogP contribution in [0.1, 0.15) is 16.7 Å². The molecule has 0 amide bonds. The fourth-order valence-electron chi connectivity index (χ4n) is 2.86. The third-order valence-electron chi connectivity index (χ3n) is 4.10. The summed E-state index contributed by atoms with van der Waals surface area (Å²) in [7, 11) is 0.